The first kappa shape index (κ1) is 33.3. The molecule has 5 fully saturated rings. The number of hydrogen-bond donors (Lipinski definition) is 2. The zero-order valence-corrected chi connectivity index (χ0v) is 30.1. The molecule has 6 nitrogen and oxygen atoms in total. The van der Waals surface area contributed by atoms with E-state index in [4.69, 9.17) is 0 Å². The van der Waals surface area contributed by atoms with Crippen molar-refractivity contribution in [3.8, 4) is 0 Å². The van der Waals surface area contributed by atoms with E-state index in [1.807, 2.05) is 0 Å². The van der Waals surface area contributed by atoms with Gasteiger partial charge in [0.1, 0.15) is 9.84 Å². The van der Waals surface area contributed by atoms with Crippen LogP contribution in [0.1, 0.15) is 117 Å². The highest BCUT2D eigenvalue weighted by molar-refractivity contribution is 7.91. The number of piperidine rings is 1. The molecule has 7 heteroatoms. The lowest BCUT2D eigenvalue weighted by Crippen LogP contribution is -2.63. The molecule has 1 heterocycles. The summed E-state index contributed by atoms with van der Waals surface area (Å²) in [6, 6.07) is 0. The number of carboxylic acids is 1. The number of hydrogen-bond acceptors (Lipinski definition) is 5. The lowest BCUT2D eigenvalue weighted by Gasteiger charge is -2.67. The van der Waals surface area contributed by atoms with Gasteiger partial charge in [-0.3, -0.25) is 4.79 Å². The Hall–Kier alpha value is -1.18. The molecule has 46 heavy (non-hydrogen) atoms. The van der Waals surface area contributed by atoms with Crippen molar-refractivity contribution >= 4 is 15.8 Å². The van der Waals surface area contributed by atoms with E-state index in [-0.39, 0.29) is 11.2 Å². The smallest absolute Gasteiger partial charge is 0.306 e. The van der Waals surface area contributed by atoms with E-state index in [0.717, 1.165) is 81.5 Å². The maximum atomic E-state index is 12.0. The van der Waals surface area contributed by atoms with Gasteiger partial charge >= 0.3 is 5.97 Å². The van der Waals surface area contributed by atoms with Gasteiger partial charge in [0.25, 0.3) is 0 Å². The molecule has 6 aliphatic carbocycles. The third-order valence-electron chi connectivity index (χ3n) is 15.9. The van der Waals surface area contributed by atoms with Crippen molar-refractivity contribution in [1.82, 2.24) is 10.2 Å². The minimum absolute atomic E-state index is 0.142. The zero-order valence-electron chi connectivity index (χ0n) is 29.2. The maximum absolute atomic E-state index is 12.0. The molecule has 0 radical (unpaired) electrons. The number of aliphatic carboxylic acids is 1. The van der Waals surface area contributed by atoms with Gasteiger partial charge in [0.2, 0.25) is 0 Å². The molecule has 0 amide bonds. The van der Waals surface area contributed by atoms with Gasteiger partial charge in [0.15, 0.2) is 0 Å². The summed E-state index contributed by atoms with van der Waals surface area (Å²) in [5.74, 6) is 3.80. The number of carbonyl (C=O) groups is 1. The first-order chi connectivity index (χ1) is 21.9. The lowest BCUT2D eigenvalue weighted by atomic mass is 9.38. The normalized spacial score (nSPS) is 45.1. The molecule has 0 aromatic carbocycles. The fourth-order valence-electron chi connectivity index (χ4n) is 13.5. The Kier molecular flexibility index (Phi) is 8.91. The number of likely N-dealkylation sites (tertiary alicyclic amines) is 1. The van der Waals surface area contributed by atoms with Crippen LogP contribution in [0.15, 0.2) is 23.3 Å². The second-order valence-electron chi connectivity index (χ2n) is 17.7. The second-order valence-corrected chi connectivity index (χ2v) is 20.1. The number of sulfone groups is 1. The van der Waals surface area contributed by atoms with Crippen molar-refractivity contribution in [3.05, 3.63) is 23.3 Å². The molecule has 2 N–H and O–H groups in total. The Morgan fingerprint density at radius 2 is 1.70 bits per heavy atom. The number of rotatable bonds is 7. The molecule has 0 aromatic rings. The molecule has 7 aliphatic rings. The molecule has 8 unspecified atom stereocenters. The summed E-state index contributed by atoms with van der Waals surface area (Å²) in [6.07, 6.45) is 23.8. The summed E-state index contributed by atoms with van der Waals surface area (Å²) in [7, 11) is -2.91. The molecule has 1 saturated heterocycles. The van der Waals surface area contributed by atoms with Crippen LogP contribution in [0.4, 0.5) is 0 Å². The highest BCUT2D eigenvalue weighted by Crippen LogP contribution is 2.70. The average Bonchev–Trinajstić information content (AvgIpc) is 3.45. The van der Waals surface area contributed by atoms with Crippen LogP contribution in [0, 0.1) is 52.3 Å². The SMILES string of the molecule is CC1C(C2=CCC(C(=O)O)CC2)=CCC2(C)C1CCC1(C)C3CC[C@@]4(NCCN5CCC(S(C)(=O)=O)CC5)CCC[C@@H]4C3CCC21. The first-order valence-corrected chi connectivity index (χ1v) is 21.1. The third-order valence-corrected chi connectivity index (χ3v) is 17.6. The fourth-order valence-corrected chi connectivity index (χ4v) is 14.6. The summed E-state index contributed by atoms with van der Waals surface area (Å²) in [5, 5.41) is 13.6. The van der Waals surface area contributed by atoms with Crippen LogP contribution in [0.3, 0.4) is 0 Å². The van der Waals surface area contributed by atoms with E-state index in [2.05, 4.69) is 43.1 Å². The standard InChI is InChI=1S/C39H62N2O4S/c1-26-30(27-7-9-28(10-8-27)36(42)43)13-19-37(2)32(26)14-20-38(3)33-15-21-39(18-5-6-34(39)31(33)11-12-35(37)38)40-22-25-41-23-16-29(17-24-41)46(4,44)45/h7,13,26,28-29,31-35,40H,5-6,8-12,14-25H2,1-4H3,(H,42,43)/t26?,28?,31?,32?,33?,34-,35?,37?,38?,39+/m1/s1. The highest BCUT2D eigenvalue weighted by Gasteiger charge is 2.64. The predicted octanol–water partition coefficient (Wildman–Crippen LogP) is 7.26. The summed E-state index contributed by atoms with van der Waals surface area (Å²) in [6.45, 7) is 11.8. The molecular formula is C39H62N2O4S. The van der Waals surface area contributed by atoms with Gasteiger partial charge in [-0.1, -0.05) is 39.3 Å². The van der Waals surface area contributed by atoms with Gasteiger partial charge in [-0.05, 0) is 160 Å². The summed E-state index contributed by atoms with van der Waals surface area (Å²) >= 11 is 0. The minimum atomic E-state index is -2.91. The number of allylic oxidation sites excluding steroid dienone is 4. The van der Waals surface area contributed by atoms with E-state index < -0.39 is 15.8 Å². The molecule has 7 rings (SSSR count). The van der Waals surface area contributed by atoms with E-state index in [0.29, 0.717) is 28.7 Å². The molecular weight excluding hydrogens is 593 g/mol. The number of carboxylic acid groups (broad SMARTS) is 1. The Labute approximate surface area is 279 Å². The van der Waals surface area contributed by atoms with Crippen molar-refractivity contribution in [2.75, 3.05) is 32.4 Å². The van der Waals surface area contributed by atoms with E-state index in [1.165, 1.54) is 76.0 Å². The Morgan fingerprint density at radius 3 is 2.39 bits per heavy atom. The van der Waals surface area contributed by atoms with Gasteiger partial charge in [-0.2, -0.15) is 0 Å². The van der Waals surface area contributed by atoms with Crippen LogP contribution in [-0.2, 0) is 14.6 Å². The molecule has 10 atom stereocenters. The number of nitrogens with zero attached hydrogens (tertiary/aromatic N) is 1. The fraction of sp³-hybridized carbons (Fsp3) is 0.872. The molecule has 0 spiro atoms. The van der Waals surface area contributed by atoms with Crippen LogP contribution >= 0.6 is 0 Å². The molecule has 0 bridgehead atoms. The van der Waals surface area contributed by atoms with Crippen molar-refractivity contribution in [3.63, 3.8) is 0 Å². The van der Waals surface area contributed by atoms with Crippen LogP contribution in [0.25, 0.3) is 0 Å². The Balaban J connectivity index is 1.01. The van der Waals surface area contributed by atoms with Crippen molar-refractivity contribution < 1.29 is 18.3 Å². The Morgan fingerprint density at radius 1 is 0.935 bits per heavy atom. The van der Waals surface area contributed by atoms with E-state index >= 15 is 0 Å². The predicted molar refractivity (Wildman–Crippen MR) is 185 cm³/mol. The van der Waals surface area contributed by atoms with Crippen molar-refractivity contribution in [2.24, 2.45) is 52.3 Å². The number of nitrogens with one attached hydrogen (secondary N) is 1. The average molecular weight is 655 g/mol. The minimum Gasteiger partial charge on any atom is -0.481 e. The van der Waals surface area contributed by atoms with E-state index in [9.17, 15) is 18.3 Å². The van der Waals surface area contributed by atoms with Crippen LogP contribution < -0.4 is 5.32 Å². The van der Waals surface area contributed by atoms with Gasteiger partial charge in [-0.15, -0.1) is 0 Å². The van der Waals surface area contributed by atoms with Gasteiger partial charge in [0, 0.05) is 24.9 Å². The number of fused-ring (bicyclic) bond motifs is 7. The van der Waals surface area contributed by atoms with Gasteiger partial charge in [-0.25, -0.2) is 8.42 Å². The molecule has 0 aromatic heterocycles. The van der Waals surface area contributed by atoms with Gasteiger partial charge in [0.05, 0.1) is 11.2 Å². The zero-order chi connectivity index (χ0) is 32.5. The van der Waals surface area contributed by atoms with Crippen LogP contribution in [0.2, 0.25) is 0 Å². The first-order valence-electron chi connectivity index (χ1n) is 19.1. The summed E-state index contributed by atoms with van der Waals surface area (Å²) in [4.78, 5) is 14.0. The van der Waals surface area contributed by atoms with Crippen LogP contribution in [-0.4, -0.2) is 67.6 Å². The summed E-state index contributed by atoms with van der Waals surface area (Å²) < 4.78 is 24.0. The second kappa shape index (κ2) is 12.3. The topological polar surface area (TPSA) is 86.7 Å². The molecule has 4 saturated carbocycles. The van der Waals surface area contributed by atoms with Crippen molar-refractivity contribution in [1.29, 1.82) is 0 Å². The summed E-state index contributed by atoms with van der Waals surface area (Å²) in [5.41, 5.74) is 4.15. The molecule has 258 valence electrons. The van der Waals surface area contributed by atoms with Crippen molar-refractivity contribution in [2.45, 2.75) is 128 Å². The largest absolute Gasteiger partial charge is 0.481 e. The molecule has 1 aliphatic heterocycles. The lowest BCUT2D eigenvalue weighted by molar-refractivity contribution is -0.166. The Bertz CT molecular complexity index is 1350. The maximum Gasteiger partial charge on any atom is 0.306 e. The highest BCUT2D eigenvalue weighted by atomic mass is 32.2. The monoisotopic (exact) mass is 654 g/mol. The quantitative estimate of drug-likeness (QED) is 0.301. The van der Waals surface area contributed by atoms with E-state index in [1.54, 1.807) is 5.57 Å². The van der Waals surface area contributed by atoms with Crippen LogP contribution in [0.5, 0.6) is 0 Å². The van der Waals surface area contributed by atoms with Gasteiger partial charge < -0.3 is 15.3 Å². The third kappa shape index (κ3) is 5.58.